The van der Waals surface area contributed by atoms with Crippen LogP contribution in [0.15, 0.2) is 43.0 Å². The average molecular weight is 479 g/mol. The second kappa shape index (κ2) is 12.3. The normalized spacial score (nSPS) is 16.5. The monoisotopic (exact) mass is 478 g/mol. The van der Waals surface area contributed by atoms with E-state index in [4.69, 9.17) is 13.9 Å². The molecule has 0 aliphatic carbocycles. The van der Waals surface area contributed by atoms with Crippen LogP contribution in [0.4, 0.5) is 0 Å². The van der Waals surface area contributed by atoms with Crippen LogP contribution < -0.4 is 0 Å². The summed E-state index contributed by atoms with van der Waals surface area (Å²) in [6, 6.07) is 9.77. The molecule has 0 fully saturated rings. The van der Waals surface area contributed by atoms with E-state index in [-0.39, 0.29) is 29.6 Å². The van der Waals surface area contributed by atoms with E-state index in [0.29, 0.717) is 13.0 Å². The first-order valence-corrected chi connectivity index (χ1v) is 14.8. The molecule has 0 amide bonds. The lowest BCUT2D eigenvalue weighted by atomic mass is 9.92. The number of aliphatic hydroxyl groups is 1. The van der Waals surface area contributed by atoms with Crippen LogP contribution in [0.25, 0.3) is 0 Å². The highest BCUT2D eigenvalue weighted by molar-refractivity contribution is 6.74. The Bertz CT molecular complexity index is 733. The van der Waals surface area contributed by atoms with Gasteiger partial charge in [-0.05, 0) is 50.9 Å². The Morgan fingerprint density at radius 3 is 2.15 bits per heavy atom. The number of rotatable bonds is 12. The fraction of sp³-hybridized carbons (Fsp3) is 0.667. The molecule has 33 heavy (non-hydrogen) atoms. The lowest BCUT2D eigenvalue weighted by Gasteiger charge is -2.42. The largest absolute Gasteiger partial charge is 0.462 e. The number of hydrogen-bond acceptors (Lipinski definition) is 5. The van der Waals surface area contributed by atoms with Gasteiger partial charge in [-0.15, -0.1) is 6.58 Å². The second-order valence-electron chi connectivity index (χ2n) is 11.5. The van der Waals surface area contributed by atoms with Gasteiger partial charge in [0.1, 0.15) is 12.7 Å². The molecule has 0 saturated heterocycles. The van der Waals surface area contributed by atoms with Gasteiger partial charge in [0.15, 0.2) is 8.32 Å². The molecule has 0 spiro atoms. The Balaban J connectivity index is 3.05. The molecule has 0 saturated carbocycles. The van der Waals surface area contributed by atoms with Gasteiger partial charge in [0.25, 0.3) is 0 Å². The minimum Gasteiger partial charge on any atom is -0.462 e. The van der Waals surface area contributed by atoms with Crippen molar-refractivity contribution in [2.24, 2.45) is 11.3 Å². The zero-order valence-electron chi connectivity index (χ0n) is 22.2. The average Bonchev–Trinajstić information content (AvgIpc) is 2.71. The SMILES string of the molecule is C=CC[C@H](O[Si](C)(C)C(C)(C)C)[C@@H](C)[C@@H](O)[C@@H](COC(=O)C(C)(C)C)OCc1ccccc1. The maximum Gasteiger partial charge on any atom is 0.311 e. The molecule has 4 atom stereocenters. The third-order valence-electron chi connectivity index (χ3n) is 6.46. The van der Waals surface area contributed by atoms with Crippen LogP contribution in [0.1, 0.15) is 60.5 Å². The highest BCUT2D eigenvalue weighted by atomic mass is 28.4. The van der Waals surface area contributed by atoms with Crippen molar-refractivity contribution in [3.8, 4) is 0 Å². The molecule has 1 aromatic carbocycles. The summed E-state index contributed by atoms with van der Waals surface area (Å²) in [6.07, 6.45) is 0.691. The molecule has 188 valence electrons. The molecule has 6 heteroatoms. The zero-order chi connectivity index (χ0) is 25.4. The summed E-state index contributed by atoms with van der Waals surface area (Å²) in [6.45, 7) is 22.6. The quantitative estimate of drug-likeness (QED) is 0.223. The summed E-state index contributed by atoms with van der Waals surface area (Å²) in [5.74, 6) is -0.568. The number of esters is 1. The lowest BCUT2D eigenvalue weighted by molar-refractivity contribution is -0.164. The molecule has 1 rings (SSSR count). The third kappa shape index (κ3) is 9.36. The molecule has 5 nitrogen and oxygen atoms in total. The van der Waals surface area contributed by atoms with Crippen molar-refractivity contribution < 1.29 is 23.8 Å². The van der Waals surface area contributed by atoms with Crippen molar-refractivity contribution in [2.75, 3.05) is 6.61 Å². The highest BCUT2D eigenvalue weighted by Gasteiger charge is 2.42. The van der Waals surface area contributed by atoms with Gasteiger partial charge in [-0.1, -0.05) is 64.1 Å². The third-order valence-corrected chi connectivity index (χ3v) is 11.0. The number of carbonyl (C=O) groups is 1. The van der Waals surface area contributed by atoms with Crippen molar-refractivity contribution in [2.45, 2.75) is 97.9 Å². The zero-order valence-corrected chi connectivity index (χ0v) is 23.2. The summed E-state index contributed by atoms with van der Waals surface area (Å²) >= 11 is 0. The molecule has 0 radical (unpaired) electrons. The van der Waals surface area contributed by atoms with Gasteiger partial charge < -0.3 is 19.0 Å². The summed E-state index contributed by atoms with van der Waals surface area (Å²) in [4.78, 5) is 12.4. The molecule has 0 aliphatic heterocycles. The fourth-order valence-electron chi connectivity index (χ4n) is 3.05. The molecule has 0 unspecified atom stereocenters. The molecule has 1 aromatic rings. The van der Waals surface area contributed by atoms with Crippen molar-refractivity contribution in [3.05, 3.63) is 48.6 Å². The molecule has 0 aliphatic rings. The first kappa shape index (κ1) is 29.6. The minimum atomic E-state index is -2.07. The van der Waals surface area contributed by atoms with Gasteiger partial charge in [-0.3, -0.25) is 4.79 Å². The van der Waals surface area contributed by atoms with Gasteiger partial charge >= 0.3 is 5.97 Å². The number of hydrogen-bond donors (Lipinski definition) is 1. The van der Waals surface area contributed by atoms with Gasteiger partial charge in [-0.2, -0.15) is 0 Å². The van der Waals surface area contributed by atoms with Crippen molar-refractivity contribution >= 4 is 14.3 Å². The lowest BCUT2D eigenvalue weighted by Crippen LogP contribution is -2.49. The van der Waals surface area contributed by atoms with Gasteiger partial charge in [-0.25, -0.2) is 0 Å². The van der Waals surface area contributed by atoms with Gasteiger partial charge in [0.05, 0.1) is 24.2 Å². The van der Waals surface area contributed by atoms with E-state index >= 15 is 0 Å². The van der Waals surface area contributed by atoms with E-state index in [1.165, 1.54) is 0 Å². The summed E-state index contributed by atoms with van der Waals surface area (Å²) in [5, 5.41) is 11.4. The summed E-state index contributed by atoms with van der Waals surface area (Å²) in [7, 11) is -2.07. The van der Waals surface area contributed by atoms with Crippen LogP contribution in [0.3, 0.4) is 0 Å². The Hall–Kier alpha value is -1.47. The van der Waals surface area contributed by atoms with E-state index in [1.807, 2.05) is 43.3 Å². The molecule has 0 bridgehead atoms. The first-order chi connectivity index (χ1) is 15.1. The van der Waals surface area contributed by atoms with Crippen LogP contribution in [-0.2, 0) is 25.3 Å². The van der Waals surface area contributed by atoms with Crippen molar-refractivity contribution in [1.82, 2.24) is 0 Å². The second-order valence-corrected chi connectivity index (χ2v) is 16.2. The first-order valence-electron chi connectivity index (χ1n) is 11.9. The van der Waals surface area contributed by atoms with E-state index < -0.39 is 25.9 Å². The van der Waals surface area contributed by atoms with E-state index in [0.717, 1.165) is 5.56 Å². The van der Waals surface area contributed by atoms with E-state index in [1.54, 1.807) is 20.8 Å². The topological polar surface area (TPSA) is 65.0 Å². The molecular formula is C27H46O5Si. The van der Waals surface area contributed by atoms with Crippen molar-refractivity contribution in [1.29, 1.82) is 0 Å². The summed E-state index contributed by atoms with van der Waals surface area (Å²) < 4.78 is 18.3. The summed E-state index contributed by atoms with van der Waals surface area (Å²) in [5.41, 5.74) is 0.363. The molecule has 0 heterocycles. The predicted molar refractivity (Wildman–Crippen MR) is 137 cm³/mol. The Morgan fingerprint density at radius 2 is 1.67 bits per heavy atom. The maximum absolute atomic E-state index is 12.4. The Morgan fingerprint density at radius 1 is 1.09 bits per heavy atom. The van der Waals surface area contributed by atoms with Crippen LogP contribution in [0.5, 0.6) is 0 Å². The van der Waals surface area contributed by atoms with E-state index in [2.05, 4.69) is 40.4 Å². The minimum absolute atomic E-state index is 0.0185. The predicted octanol–water partition coefficient (Wildman–Crippen LogP) is 6.12. The molecule has 1 N–H and O–H groups in total. The molecular weight excluding hydrogens is 432 g/mol. The standard InChI is InChI=1S/C27H46O5Si/c1-11-15-22(32-33(9,10)27(6,7)8)20(2)24(28)23(19-31-25(29)26(3,4)5)30-18-21-16-13-12-14-17-21/h11-14,16-17,20,22-24,28H,1,15,18-19H2,2-10H3/t20-,22+,23-,24-/m1/s1. The fourth-order valence-corrected chi connectivity index (χ4v) is 4.47. The van der Waals surface area contributed by atoms with E-state index in [9.17, 15) is 9.90 Å². The smallest absolute Gasteiger partial charge is 0.311 e. The molecule has 0 aromatic heterocycles. The number of benzene rings is 1. The number of ether oxygens (including phenoxy) is 2. The Labute approximate surface area is 202 Å². The van der Waals surface area contributed by atoms with Crippen molar-refractivity contribution in [3.63, 3.8) is 0 Å². The number of aliphatic hydroxyl groups excluding tert-OH is 1. The Kier molecular flexibility index (Phi) is 11.0. The van der Waals surface area contributed by atoms with Crippen LogP contribution in [0, 0.1) is 11.3 Å². The highest BCUT2D eigenvalue weighted by Crippen LogP contribution is 2.39. The maximum atomic E-state index is 12.4. The van der Waals surface area contributed by atoms with Gasteiger partial charge in [0.2, 0.25) is 0 Å². The number of carbonyl (C=O) groups excluding carboxylic acids is 1. The van der Waals surface area contributed by atoms with Crippen LogP contribution in [-0.4, -0.2) is 44.3 Å². The van der Waals surface area contributed by atoms with Gasteiger partial charge in [0, 0.05) is 5.92 Å². The van der Waals surface area contributed by atoms with Crippen LogP contribution in [0.2, 0.25) is 18.1 Å². The van der Waals surface area contributed by atoms with Crippen LogP contribution >= 0.6 is 0 Å².